The van der Waals surface area contributed by atoms with E-state index in [4.69, 9.17) is 10.7 Å². The largest absolute Gasteiger partial charge is 0.283 e. The van der Waals surface area contributed by atoms with E-state index in [0.29, 0.717) is 12.8 Å². The number of hydrogen-bond donors (Lipinski definition) is 1. The summed E-state index contributed by atoms with van der Waals surface area (Å²) in [5.74, 6) is -1.10. The molecule has 0 unspecified atom stereocenters. The molecule has 0 spiro atoms. The van der Waals surface area contributed by atoms with Crippen molar-refractivity contribution in [2.24, 2.45) is 0 Å². The summed E-state index contributed by atoms with van der Waals surface area (Å²) >= 11 is 0. The Morgan fingerprint density at radius 3 is 2.28 bits per heavy atom. The lowest BCUT2D eigenvalue weighted by atomic mass is 10.3. The van der Waals surface area contributed by atoms with Crippen LogP contribution in [-0.4, -0.2) is 22.1 Å². The van der Waals surface area contributed by atoms with Gasteiger partial charge in [-0.25, -0.2) is 21.2 Å². The summed E-state index contributed by atoms with van der Waals surface area (Å²) in [6.45, 7) is 0. The molecular weight excluding hydrogens is 305 g/mol. The molecule has 1 aliphatic rings. The van der Waals surface area contributed by atoms with Crippen molar-refractivity contribution in [1.29, 1.82) is 0 Å². The fourth-order valence-electron chi connectivity index (χ4n) is 1.39. The van der Waals surface area contributed by atoms with Crippen molar-refractivity contribution < 1.29 is 21.2 Å². The van der Waals surface area contributed by atoms with E-state index < -0.39 is 35.0 Å². The van der Waals surface area contributed by atoms with Crippen LogP contribution in [0.2, 0.25) is 0 Å². The number of benzene rings is 1. The average molecular weight is 314 g/mol. The summed E-state index contributed by atoms with van der Waals surface area (Å²) in [4.78, 5) is -0.682. The first kappa shape index (κ1) is 13.6. The lowest BCUT2D eigenvalue weighted by molar-refractivity contribution is 0.576. The van der Waals surface area contributed by atoms with E-state index in [1.807, 2.05) is 0 Å². The van der Waals surface area contributed by atoms with E-state index in [9.17, 15) is 21.2 Å². The van der Waals surface area contributed by atoms with Gasteiger partial charge in [0.1, 0.15) is 10.7 Å². The zero-order chi connectivity index (χ0) is 13.6. The summed E-state index contributed by atoms with van der Waals surface area (Å²) in [5.41, 5.74) is -0.0246. The standard InChI is InChI=1S/C9H9ClFNO4S2/c10-17(13,14)9-4-1-6(5-8(9)11)12-18(15,16)7-2-3-7/h1,4-5,7,12H,2-3H2. The molecule has 0 heterocycles. The minimum absolute atomic E-state index is 0.0246. The van der Waals surface area contributed by atoms with Crippen LogP contribution in [0, 0.1) is 5.82 Å². The van der Waals surface area contributed by atoms with E-state index in [0.717, 1.165) is 18.2 Å². The van der Waals surface area contributed by atoms with Crippen molar-refractivity contribution in [2.75, 3.05) is 4.72 Å². The van der Waals surface area contributed by atoms with Crippen LogP contribution in [0.25, 0.3) is 0 Å². The minimum atomic E-state index is -4.18. The van der Waals surface area contributed by atoms with E-state index in [2.05, 4.69) is 4.72 Å². The summed E-state index contributed by atoms with van der Waals surface area (Å²) in [5, 5.41) is -0.447. The molecule has 100 valence electrons. The highest BCUT2D eigenvalue weighted by Gasteiger charge is 2.35. The van der Waals surface area contributed by atoms with Crippen LogP contribution in [0.4, 0.5) is 10.1 Å². The Kier molecular flexibility index (Phi) is 3.28. The topological polar surface area (TPSA) is 80.3 Å². The highest BCUT2D eigenvalue weighted by atomic mass is 35.7. The average Bonchev–Trinajstić information content (AvgIpc) is 2.97. The second-order valence-electron chi connectivity index (χ2n) is 3.93. The van der Waals surface area contributed by atoms with Gasteiger partial charge in [-0.3, -0.25) is 4.72 Å². The van der Waals surface area contributed by atoms with Crippen LogP contribution in [-0.2, 0) is 19.1 Å². The van der Waals surface area contributed by atoms with Gasteiger partial charge in [0.2, 0.25) is 10.0 Å². The zero-order valence-corrected chi connectivity index (χ0v) is 11.3. The Hall–Kier alpha value is -0.860. The van der Waals surface area contributed by atoms with Gasteiger partial charge in [-0.1, -0.05) is 0 Å². The van der Waals surface area contributed by atoms with Crippen LogP contribution in [0.3, 0.4) is 0 Å². The van der Waals surface area contributed by atoms with Crippen LogP contribution < -0.4 is 4.72 Å². The molecule has 0 atom stereocenters. The van der Waals surface area contributed by atoms with Gasteiger partial charge in [0.25, 0.3) is 9.05 Å². The third-order valence-corrected chi connectivity index (χ3v) is 5.64. The normalized spacial score (nSPS) is 16.6. The molecule has 0 amide bonds. The fourth-order valence-corrected chi connectivity index (χ4v) is 3.66. The van der Waals surface area contributed by atoms with E-state index in [1.54, 1.807) is 0 Å². The van der Waals surface area contributed by atoms with Gasteiger partial charge in [0.15, 0.2) is 0 Å². The molecule has 1 aromatic rings. The Labute approximate surface area is 108 Å². The maximum Gasteiger partial charge on any atom is 0.264 e. The summed E-state index contributed by atoms with van der Waals surface area (Å²) in [6, 6.07) is 2.86. The molecule has 1 N–H and O–H groups in total. The predicted molar refractivity (Wildman–Crippen MR) is 65.0 cm³/mol. The van der Waals surface area contributed by atoms with Crippen molar-refractivity contribution in [2.45, 2.75) is 23.0 Å². The molecule has 18 heavy (non-hydrogen) atoms. The van der Waals surface area contributed by atoms with Gasteiger partial charge in [0.05, 0.1) is 10.9 Å². The first-order valence-electron chi connectivity index (χ1n) is 4.96. The third-order valence-electron chi connectivity index (χ3n) is 2.42. The summed E-state index contributed by atoms with van der Waals surface area (Å²) in [7, 11) is -2.68. The maximum atomic E-state index is 13.4. The van der Waals surface area contributed by atoms with E-state index >= 15 is 0 Å². The van der Waals surface area contributed by atoms with Crippen LogP contribution >= 0.6 is 10.7 Å². The molecule has 0 aromatic heterocycles. The maximum absolute atomic E-state index is 13.4. The Morgan fingerprint density at radius 1 is 1.22 bits per heavy atom. The molecule has 5 nitrogen and oxygen atoms in total. The molecule has 1 saturated carbocycles. The van der Waals surface area contributed by atoms with Gasteiger partial charge >= 0.3 is 0 Å². The van der Waals surface area contributed by atoms with E-state index in [-0.39, 0.29) is 5.69 Å². The van der Waals surface area contributed by atoms with Gasteiger partial charge < -0.3 is 0 Å². The van der Waals surface area contributed by atoms with Crippen molar-refractivity contribution >= 4 is 35.4 Å². The predicted octanol–water partition coefficient (Wildman–Crippen LogP) is 1.66. The zero-order valence-electron chi connectivity index (χ0n) is 8.93. The number of halogens is 2. The molecule has 9 heteroatoms. The Morgan fingerprint density at radius 2 is 1.83 bits per heavy atom. The molecular formula is C9H9ClFNO4S2. The Balaban J connectivity index is 2.30. The highest BCUT2D eigenvalue weighted by Crippen LogP contribution is 2.30. The lowest BCUT2D eigenvalue weighted by Gasteiger charge is -2.07. The number of sulfonamides is 1. The lowest BCUT2D eigenvalue weighted by Crippen LogP contribution is -2.17. The number of rotatable bonds is 4. The molecule has 0 bridgehead atoms. The number of nitrogens with one attached hydrogen (secondary N) is 1. The summed E-state index contributed by atoms with van der Waals surface area (Å²) in [6.07, 6.45) is 1.15. The smallest absolute Gasteiger partial charge is 0.264 e. The molecule has 0 aliphatic heterocycles. The third kappa shape index (κ3) is 2.93. The van der Waals surface area contributed by atoms with Crippen molar-refractivity contribution in [3.05, 3.63) is 24.0 Å². The van der Waals surface area contributed by atoms with Gasteiger partial charge in [-0.2, -0.15) is 0 Å². The van der Waals surface area contributed by atoms with Crippen LogP contribution in [0.5, 0.6) is 0 Å². The number of anilines is 1. The SMILES string of the molecule is O=S(=O)(Cl)c1ccc(NS(=O)(=O)C2CC2)cc1F. The molecule has 0 radical (unpaired) electrons. The monoisotopic (exact) mass is 313 g/mol. The molecule has 1 fully saturated rings. The van der Waals surface area contributed by atoms with Crippen molar-refractivity contribution in [3.8, 4) is 0 Å². The first-order chi connectivity index (χ1) is 8.20. The highest BCUT2D eigenvalue weighted by molar-refractivity contribution is 8.13. The van der Waals surface area contributed by atoms with Crippen LogP contribution in [0.15, 0.2) is 23.1 Å². The first-order valence-corrected chi connectivity index (χ1v) is 8.81. The van der Waals surface area contributed by atoms with Crippen molar-refractivity contribution in [3.63, 3.8) is 0 Å². The molecule has 0 saturated heterocycles. The van der Waals surface area contributed by atoms with Gasteiger partial charge in [-0.15, -0.1) is 0 Å². The number of hydrogen-bond acceptors (Lipinski definition) is 4. The van der Waals surface area contributed by atoms with E-state index in [1.165, 1.54) is 0 Å². The van der Waals surface area contributed by atoms with Crippen molar-refractivity contribution in [1.82, 2.24) is 0 Å². The summed E-state index contributed by atoms with van der Waals surface area (Å²) < 4.78 is 60.7. The Bertz CT molecular complexity index is 683. The second kappa shape index (κ2) is 4.36. The second-order valence-corrected chi connectivity index (χ2v) is 8.42. The molecule has 1 aliphatic carbocycles. The quantitative estimate of drug-likeness (QED) is 0.857. The molecule has 1 aromatic carbocycles. The van der Waals surface area contributed by atoms with Crippen LogP contribution in [0.1, 0.15) is 12.8 Å². The van der Waals surface area contributed by atoms with Gasteiger partial charge in [0, 0.05) is 10.7 Å². The molecule has 2 rings (SSSR count). The van der Waals surface area contributed by atoms with Gasteiger partial charge in [-0.05, 0) is 31.0 Å². The fraction of sp³-hybridized carbons (Fsp3) is 0.333. The minimum Gasteiger partial charge on any atom is -0.283 e.